The summed E-state index contributed by atoms with van der Waals surface area (Å²) >= 11 is 3.27. The van der Waals surface area contributed by atoms with Crippen LogP contribution in [-0.2, 0) is 0 Å². The molecule has 9 heteroatoms. The van der Waals surface area contributed by atoms with E-state index in [1.165, 1.54) is 24.4 Å². The fourth-order valence-electron chi connectivity index (χ4n) is 2.29. The van der Waals surface area contributed by atoms with E-state index in [1.807, 2.05) is 0 Å². The van der Waals surface area contributed by atoms with Gasteiger partial charge in [0.05, 0.1) is 28.3 Å². The van der Waals surface area contributed by atoms with E-state index < -0.39 is 22.3 Å². The fraction of sp³-hybridized carbons (Fsp3) is 0. The first-order chi connectivity index (χ1) is 13.0. The van der Waals surface area contributed by atoms with Crippen LogP contribution < -0.4 is 5.43 Å². The molecule has 27 heavy (non-hydrogen) atoms. The lowest BCUT2D eigenvalue weighted by Crippen LogP contribution is -2.17. The zero-order valence-electron chi connectivity index (χ0n) is 13.6. The molecule has 0 atom stereocenters. The maximum atomic E-state index is 13.2. The molecule has 0 saturated carbocycles. The molecular formula is C18H11BrFN3O4. The third-order valence-electron chi connectivity index (χ3n) is 3.53. The molecule has 136 valence electrons. The van der Waals surface area contributed by atoms with E-state index in [0.717, 1.165) is 12.1 Å². The molecule has 1 N–H and O–H groups in total. The highest BCUT2D eigenvalue weighted by atomic mass is 79.9. The van der Waals surface area contributed by atoms with Crippen molar-refractivity contribution >= 4 is 33.7 Å². The van der Waals surface area contributed by atoms with Gasteiger partial charge in [-0.15, -0.1) is 0 Å². The van der Waals surface area contributed by atoms with Gasteiger partial charge in [-0.2, -0.15) is 5.10 Å². The van der Waals surface area contributed by atoms with Crippen molar-refractivity contribution in [2.45, 2.75) is 0 Å². The van der Waals surface area contributed by atoms with Crippen molar-refractivity contribution in [2.75, 3.05) is 0 Å². The Balaban J connectivity index is 1.75. The summed E-state index contributed by atoms with van der Waals surface area (Å²) in [5.74, 6) is -0.690. The third-order valence-corrected chi connectivity index (χ3v) is 4.22. The zero-order valence-corrected chi connectivity index (χ0v) is 15.1. The summed E-state index contributed by atoms with van der Waals surface area (Å²) in [7, 11) is 0. The lowest BCUT2D eigenvalue weighted by atomic mass is 10.1. The Morgan fingerprint density at radius 2 is 2.00 bits per heavy atom. The summed E-state index contributed by atoms with van der Waals surface area (Å²) in [6.07, 6.45) is 1.26. The molecule has 3 aromatic rings. The van der Waals surface area contributed by atoms with Crippen LogP contribution in [0.25, 0.3) is 11.3 Å². The predicted octanol–water partition coefficient (Wildman–Crippen LogP) is 4.52. The molecule has 0 bridgehead atoms. The molecule has 0 radical (unpaired) electrons. The van der Waals surface area contributed by atoms with Crippen molar-refractivity contribution in [3.8, 4) is 11.3 Å². The smallest absolute Gasteiger partial charge is 0.283 e. The molecular weight excluding hydrogens is 421 g/mol. The van der Waals surface area contributed by atoms with Crippen LogP contribution in [0, 0.1) is 15.9 Å². The van der Waals surface area contributed by atoms with Crippen LogP contribution in [-0.4, -0.2) is 17.0 Å². The highest BCUT2D eigenvalue weighted by Crippen LogP contribution is 2.31. The summed E-state index contributed by atoms with van der Waals surface area (Å²) in [5, 5.41) is 14.9. The third kappa shape index (κ3) is 4.26. The molecule has 0 aliphatic heterocycles. The SMILES string of the molecule is O=C(N/N=C\c1ccc(-c2ccc(F)cc2[N+](=O)[O-])o1)c1ccccc1Br. The molecule has 0 saturated heterocycles. The Kier molecular flexibility index (Phi) is 5.41. The lowest BCUT2D eigenvalue weighted by Gasteiger charge is -2.01. The van der Waals surface area contributed by atoms with Crippen LogP contribution >= 0.6 is 15.9 Å². The first-order valence-corrected chi connectivity index (χ1v) is 8.37. The van der Waals surface area contributed by atoms with Crippen LogP contribution in [0.15, 0.2) is 68.6 Å². The van der Waals surface area contributed by atoms with Gasteiger partial charge in [-0.1, -0.05) is 12.1 Å². The minimum Gasteiger partial charge on any atom is -0.455 e. The first kappa shape index (κ1) is 18.5. The highest BCUT2D eigenvalue weighted by Gasteiger charge is 2.19. The second-order valence-electron chi connectivity index (χ2n) is 5.30. The maximum Gasteiger partial charge on any atom is 0.283 e. The predicted molar refractivity (Wildman–Crippen MR) is 100.0 cm³/mol. The number of carbonyl (C=O) groups excluding carboxylic acids is 1. The van der Waals surface area contributed by atoms with Gasteiger partial charge in [0.1, 0.15) is 17.3 Å². The monoisotopic (exact) mass is 431 g/mol. The Bertz CT molecular complexity index is 1050. The van der Waals surface area contributed by atoms with Gasteiger partial charge >= 0.3 is 0 Å². The van der Waals surface area contributed by atoms with E-state index in [0.29, 0.717) is 10.0 Å². The number of nitro groups is 1. The summed E-state index contributed by atoms with van der Waals surface area (Å²) in [6, 6.07) is 13.1. The average molecular weight is 432 g/mol. The Hall–Kier alpha value is -3.33. The molecule has 7 nitrogen and oxygen atoms in total. The van der Waals surface area contributed by atoms with E-state index in [4.69, 9.17) is 4.42 Å². The van der Waals surface area contributed by atoms with Crippen molar-refractivity contribution < 1.29 is 18.5 Å². The van der Waals surface area contributed by atoms with Crippen LogP contribution in [0.5, 0.6) is 0 Å². The number of hydrogen-bond donors (Lipinski definition) is 1. The number of carbonyl (C=O) groups is 1. The number of amides is 1. The van der Waals surface area contributed by atoms with Gasteiger partial charge < -0.3 is 4.42 Å². The molecule has 1 aromatic heterocycles. The van der Waals surface area contributed by atoms with Crippen molar-refractivity contribution in [3.63, 3.8) is 0 Å². The van der Waals surface area contributed by atoms with Crippen LogP contribution in [0.1, 0.15) is 16.1 Å². The number of nitrogens with one attached hydrogen (secondary N) is 1. The molecule has 1 heterocycles. The summed E-state index contributed by atoms with van der Waals surface area (Å²) < 4.78 is 19.3. The van der Waals surface area contributed by atoms with E-state index in [1.54, 1.807) is 24.3 Å². The molecule has 0 aliphatic carbocycles. The second kappa shape index (κ2) is 7.92. The van der Waals surface area contributed by atoms with Crippen LogP contribution in [0.2, 0.25) is 0 Å². The van der Waals surface area contributed by atoms with Crippen molar-refractivity contribution in [3.05, 3.63) is 86.3 Å². The van der Waals surface area contributed by atoms with Crippen molar-refractivity contribution in [2.24, 2.45) is 5.10 Å². The Labute approximate surface area is 160 Å². The van der Waals surface area contributed by atoms with Gasteiger partial charge in [0.2, 0.25) is 0 Å². The normalized spacial score (nSPS) is 10.9. The molecule has 0 spiro atoms. The van der Waals surface area contributed by atoms with Gasteiger partial charge in [-0.3, -0.25) is 14.9 Å². The Morgan fingerprint density at radius 1 is 1.22 bits per heavy atom. The summed E-state index contributed by atoms with van der Waals surface area (Å²) in [5.41, 5.74) is 2.50. The van der Waals surface area contributed by atoms with Gasteiger partial charge in [-0.05, 0) is 52.3 Å². The van der Waals surface area contributed by atoms with Crippen molar-refractivity contribution in [1.82, 2.24) is 5.43 Å². The lowest BCUT2D eigenvalue weighted by molar-refractivity contribution is -0.384. The van der Waals surface area contributed by atoms with E-state index in [-0.39, 0.29) is 17.1 Å². The number of hydrogen-bond acceptors (Lipinski definition) is 5. The number of halogens is 2. The number of rotatable bonds is 5. The first-order valence-electron chi connectivity index (χ1n) is 7.58. The fourth-order valence-corrected chi connectivity index (χ4v) is 2.76. The standard InChI is InChI=1S/C18H11BrFN3O4/c19-15-4-2-1-3-13(15)18(24)22-21-10-12-6-8-17(27-12)14-7-5-11(20)9-16(14)23(25)26/h1-10H,(H,22,24)/b21-10-. The van der Waals surface area contributed by atoms with Gasteiger partial charge in [0.25, 0.3) is 11.6 Å². The minimum absolute atomic E-state index is 0.137. The largest absolute Gasteiger partial charge is 0.455 e. The molecule has 0 unspecified atom stereocenters. The van der Waals surface area contributed by atoms with Crippen LogP contribution in [0.3, 0.4) is 0 Å². The minimum atomic E-state index is -0.714. The number of hydrazone groups is 1. The number of nitro benzene ring substituents is 1. The van der Waals surface area contributed by atoms with E-state index >= 15 is 0 Å². The molecule has 3 rings (SSSR count). The van der Waals surface area contributed by atoms with Gasteiger partial charge in [0, 0.05) is 4.47 Å². The second-order valence-corrected chi connectivity index (χ2v) is 6.15. The Morgan fingerprint density at radius 3 is 2.74 bits per heavy atom. The maximum absolute atomic E-state index is 13.2. The number of nitrogens with zero attached hydrogens (tertiary/aromatic N) is 2. The summed E-state index contributed by atoms with van der Waals surface area (Å²) in [6.45, 7) is 0. The average Bonchev–Trinajstić information content (AvgIpc) is 3.10. The number of furan rings is 1. The molecule has 0 fully saturated rings. The highest BCUT2D eigenvalue weighted by molar-refractivity contribution is 9.10. The van der Waals surface area contributed by atoms with Crippen LogP contribution in [0.4, 0.5) is 10.1 Å². The van der Waals surface area contributed by atoms with E-state index in [2.05, 4.69) is 26.5 Å². The van der Waals surface area contributed by atoms with Crippen molar-refractivity contribution in [1.29, 1.82) is 0 Å². The van der Waals surface area contributed by atoms with Gasteiger partial charge in [0.15, 0.2) is 0 Å². The molecule has 2 aromatic carbocycles. The molecule has 1 amide bonds. The van der Waals surface area contributed by atoms with E-state index in [9.17, 15) is 19.3 Å². The van der Waals surface area contributed by atoms with Gasteiger partial charge in [-0.25, -0.2) is 9.82 Å². The quantitative estimate of drug-likeness (QED) is 0.364. The topological polar surface area (TPSA) is 97.7 Å². The number of benzene rings is 2. The molecule has 0 aliphatic rings. The summed E-state index contributed by atoms with van der Waals surface area (Å²) in [4.78, 5) is 22.4. The zero-order chi connectivity index (χ0) is 19.4.